The summed E-state index contributed by atoms with van der Waals surface area (Å²) in [6.07, 6.45) is 3.56. The van der Waals surface area contributed by atoms with E-state index >= 15 is 0 Å². The van der Waals surface area contributed by atoms with Crippen LogP contribution in [0.25, 0.3) is 11.3 Å². The Morgan fingerprint density at radius 2 is 1.96 bits per heavy atom. The number of nitrogens with zero attached hydrogens (tertiary/aromatic N) is 4. The van der Waals surface area contributed by atoms with Gasteiger partial charge in [0, 0.05) is 24.5 Å². The minimum atomic E-state index is -0.289. The lowest BCUT2D eigenvalue weighted by Crippen LogP contribution is -2.15. The van der Waals surface area contributed by atoms with Crippen LogP contribution in [0, 0.1) is 18.3 Å². The number of rotatable bonds is 3. The first kappa shape index (κ1) is 15.4. The van der Waals surface area contributed by atoms with Crippen molar-refractivity contribution in [1.82, 2.24) is 14.8 Å². The second-order valence-corrected chi connectivity index (χ2v) is 5.41. The lowest BCUT2D eigenvalue weighted by Gasteiger charge is -2.08. The van der Waals surface area contributed by atoms with Crippen LogP contribution in [0.1, 0.15) is 21.6 Å². The summed E-state index contributed by atoms with van der Waals surface area (Å²) in [5.41, 5.74) is 3.85. The smallest absolute Gasteiger partial charge is 0.274 e. The number of amides is 1. The van der Waals surface area contributed by atoms with E-state index in [0.29, 0.717) is 22.6 Å². The molecule has 0 atom stereocenters. The van der Waals surface area contributed by atoms with Gasteiger partial charge in [0.1, 0.15) is 5.69 Å². The van der Waals surface area contributed by atoms with Gasteiger partial charge in [0.15, 0.2) is 0 Å². The predicted molar refractivity (Wildman–Crippen MR) is 90.3 cm³/mol. The molecule has 24 heavy (non-hydrogen) atoms. The van der Waals surface area contributed by atoms with E-state index in [9.17, 15) is 4.79 Å². The van der Waals surface area contributed by atoms with Crippen LogP contribution in [0.15, 0.2) is 48.8 Å². The molecule has 3 aromatic rings. The zero-order valence-corrected chi connectivity index (χ0v) is 13.3. The van der Waals surface area contributed by atoms with Crippen molar-refractivity contribution in [2.24, 2.45) is 7.05 Å². The molecule has 0 unspecified atom stereocenters. The van der Waals surface area contributed by atoms with E-state index in [1.807, 2.05) is 38.4 Å². The van der Waals surface area contributed by atoms with Gasteiger partial charge >= 0.3 is 0 Å². The summed E-state index contributed by atoms with van der Waals surface area (Å²) in [4.78, 5) is 17.0. The minimum absolute atomic E-state index is 0.289. The van der Waals surface area contributed by atoms with Crippen molar-refractivity contribution in [2.45, 2.75) is 6.92 Å². The van der Waals surface area contributed by atoms with Gasteiger partial charge in [-0.15, -0.1) is 0 Å². The van der Waals surface area contributed by atoms with Gasteiger partial charge in [-0.2, -0.15) is 10.4 Å². The van der Waals surface area contributed by atoms with Gasteiger partial charge in [0.25, 0.3) is 5.91 Å². The van der Waals surface area contributed by atoms with E-state index in [2.05, 4.69) is 15.4 Å². The first-order chi connectivity index (χ1) is 11.6. The molecular weight excluding hydrogens is 302 g/mol. The zero-order valence-electron chi connectivity index (χ0n) is 13.3. The molecule has 0 fully saturated rings. The lowest BCUT2D eigenvalue weighted by molar-refractivity contribution is 0.102. The summed E-state index contributed by atoms with van der Waals surface area (Å²) in [6, 6.07) is 12.5. The molecule has 1 N–H and O–H groups in total. The third kappa shape index (κ3) is 3.15. The SMILES string of the molecule is Cc1ccc(-c2cnn(C)c2)nc1C(=O)Nc1ccc(C#N)cc1. The average molecular weight is 317 g/mol. The number of aromatic nitrogens is 3. The maximum atomic E-state index is 12.5. The molecule has 1 amide bonds. The molecule has 0 aliphatic heterocycles. The molecule has 118 valence electrons. The van der Waals surface area contributed by atoms with Gasteiger partial charge < -0.3 is 5.32 Å². The highest BCUT2D eigenvalue weighted by Gasteiger charge is 2.13. The fraction of sp³-hybridized carbons (Fsp3) is 0.111. The van der Waals surface area contributed by atoms with Crippen LogP contribution in [0.3, 0.4) is 0 Å². The van der Waals surface area contributed by atoms with Crippen LogP contribution in [0.5, 0.6) is 0 Å². The molecule has 3 rings (SSSR count). The highest BCUT2D eigenvalue weighted by molar-refractivity contribution is 6.04. The van der Waals surface area contributed by atoms with Crippen LogP contribution >= 0.6 is 0 Å². The molecular formula is C18H15N5O. The van der Waals surface area contributed by atoms with Crippen molar-refractivity contribution in [2.75, 3.05) is 5.32 Å². The van der Waals surface area contributed by atoms with Gasteiger partial charge in [0.2, 0.25) is 0 Å². The fourth-order valence-corrected chi connectivity index (χ4v) is 2.29. The summed E-state index contributed by atoms with van der Waals surface area (Å²) < 4.78 is 1.69. The monoisotopic (exact) mass is 317 g/mol. The molecule has 0 radical (unpaired) electrons. The summed E-state index contributed by atoms with van der Waals surface area (Å²) in [7, 11) is 1.83. The third-order valence-corrected chi connectivity index (χ3v) is 3.58. The summed E-state index contributed by atoms with van der Waals surface area (Å²) in [5, 5.41) is 15.7. The average Bonchev–Trinajstić information content (AvgIpc) is 3.02. The molecule has 0 saturated carbocycles. The van der Waals surface area contributed by atoms with Gasteiger partial charge in [0.05, 0.1) is 23.5 Å². The lowest BCUT2D eigenvalue weighted by atomic mass is 10.1. The number of carbonyl (C=O) groups is 1. The Bertz CT molecular complexity index is 935. The van der Waals surface area contributed by atoms with E-state index in [4.69, 9.17) is 5.26 Å². The normalized spacial score (nSPS) is 10.2. The number of carbonyl (C=O) groups excluding carboxylic acids is 1. The first-order valence-corrected chi connectivity index (χ1v) is 7.35. The molecule has 0 bridgehead atoms. The predicted octanol–water partition coefficient (Wildman–Crippen LogP) is 2.91. The second kappa shape index (κ2) is 6.34. The van der Waals surface area contributed by atoms with E-state index in [0.717, 1.165) is 11.1 Å². The van der Waals surface area contributed by atoms with Crippen LogP contribution in [-0.2, 0) is 7.05 Å². The number of anilines is 1. The molecule has 0 saturated heterocycles. The van der Waals surface area contributed by atoms with Gasteiger partial charge in [-0.1, -0.05) is 6.07 Å². The van der Waals surface area contributed by atoms with Crippen LogP contribution in [0.2, 0.25) is 0 Å². The number of hydrogen-bond donors (Lipinski definition) is 1. The largest absolute Gasteiger partial charge is 0.321 e. The molecule has 0 aliphatic rings. The maximum absolute atomic E-state index is 12.5. The molecule has 2 heterocycles. The molecule has 6 heteroatoms. The van der Waals surface area contributed by atoms with Crippen molar-refractivity contribution < 1.29 is 4.79 Å². The van der Waals surface area contributed by atoms with E-state index in [1.165, 1.54) is 0 Å². The number of aryl methyl sites for hydroxylation is 2. The van der Waals surface area contributed by atoms with Crippen LogP contribution in [-0.4, -0.2) is 20.7 Å². The number of benzene rings is 1. The quantitative estimate of drug-likeness (QED) is 0.805. The fourth-order valence-electron chi connectivity index (χ4n) is 2.29. The third-order valence-electron chi connectivity index (χ3n) is 3.58. The van der Waals surface area contributed by atoms with Crippen molar-refractivity contribution in [3.8, 4) is 17.3 Å². The van der Waals surface area contributed by atoms with Crippen LogP contribution in [0.4, 0.5) is 5.69 Å². The number of pyridine rings is 1. The minimum Gasteiger partial charge on any atom is -0.321 e. The van der Waals surface area contributed by atoms with Crippen molar-refractivity contribution in [1.29, 1.82) is 5.26 Å². The Kier molecular flexibility index (Phi) is 4.08. The van der Waals surface area contributed by atoms with Gasteiger partial charge in [-0.05, 0) is 42.8 Å². The topological polar surface area (TPSA) is 83.6 Å². The van der Waals surface area contributed by atoms with Crippen LogP contribution < -0.4 is 5.32 Å². The van der Waals surface area contributed by atoms with Gasteiger partial charge in [-0.3, -0.25) is 9.48 Å². The van der Waals surface area contributed by atoms with Crippen molar-refractivity contribution >= 4 is 11.6 Å². The Labute approximate surface area is 139 Å². The highest BCUT2D eigenvalue weighted by Crippen LogP contribution is 2.19. The first-order valence-electron chi connectivity index (χ1n) is 7.35. The zero-order chi connectivity index (χ0) is 17.1. The summed E-state index contributed by atoms with van der Waals surface area (Å²) >= 11 is 0. The Morgan fingerprint density at radius 1 is 1.21 bits per heavy atom. The molecule has 1 aromatic carbocycles. The Hall–Kier alpha value is -3.46. The Morgan fingerprint density at radius 3 is 2.58 bits per heavy atom. The number of nitriles is 1. The Balaban J connectivity index is 1.87. The van der Waals surface area contributed by atoms with E-state index < -0.39 is 0 Å². The molecule has 6 nitrogen and oxygen atoms in total. The second-order valence-electron chi connectivity index (χ2n) is 5.41. The highest BCUT2D eigenvalue weighted by atomic mass is 16.1. The van der Waals surface area contributed by atoms with Crippen molar-refractivity contribution in [3.63, 3.8) is 0 Å². The van der Waals surface area contributed by atoms with E-state index in [1.54, 1.807) is 35.1 Å². The molecule has 2 aromatic heterocycles. The maximum Gasteiger partial charge on any atom is 0.274 e. The molecule has 0 aliphatic carbocycles. The van der Waals surface area contributed by atoms with E-state index in [-0.39, 0.29) is 5.91 Å². The molecule has 0 spiro atoms. The summed E-state index contributed by atoms with van der Waals surface area (Å²) in [5.74, 6) is -0.289. The number of hydrogen-bond acceptors (Lipinski definition) is 4. The van der Waals surface area contributed by atoms with Crippen molar-refractivity contribution in [3.05, 3.63) is 65.6 Å². The standard InChI is InChI=1S/C18H15N5O/c1-12-3-8-16(14-10-20-23(2)11-14)22-17(12)18(24)21-15-6-4-13(9-19)5-7-15/h3-8,10-11H,1-2H3,(H,21,24). The number of nitrogens with one attached hydrogen (secondary N) is 1. The van der Waals surface area contributed by atoms with Gasteiger partial charge in [-0.25, -0.2) is 4.98 Å². The summed E-state index contributed by atoms with van der Waals surface area (Å²) in [6.45, 7) is 1.84.